The first-order valence-corrected chi connectivity index (χ1v) is 10.1. The van der Waals surface area contributed by atoms with Crippen LogP contribution in [0.2, 0.25) is 0 Å². The third-order valence-electron chi connectivity index (χ3n) is 6.36. The second-order valence-corrected chi connectivity index (χ2v) is 8.15. The predicted octanol–water partition coefficient (Wildman–Crippen LogP) is 1.89. The summed E-state index contributed by atoms with van der Waals surface area (Å²) in [5.74, 6) is 0.870. The summed E-state index contributed by atoms with van der Waals surface area (Å²) in [6, 6.07) is 0.578. The average Bonchev–Trinajstić information content (AvgIpc) is 3.00. The summed E-state index contributed by atoms with van der Waals surface area (Å²) in [4.78, 5) is 31.3. The van der Waals surface area contributed by atoms with Crippen LogP contribution in [0.15, 0.2) is 0 Å². The van der Waals surface area contributed by atoms with Crippen molar-refractivity contribution in [3.63, 3.8) is 0 Å². The Labute approximate surface area is 176 Å². The number of carbonyl (C=O) groups excluding carboxylic acids is 2. The Morgan fingerprint density at radius 1 is 0.889 bits per heavy atom. The highest BCUT2D eigenvalue weighted by molar-refractivity contribution is 5.85. The molecule has 3 rings (SSSR count). The molecule has 2 aliphatic heterocycles. The smallest absolute Gasteiger partial charge is 0.236 e. The fourth-order valence-corrected chi connectivity index (χ4v) is 4.58. The Hall–Kier alpha value is -0.560. The number of hydrogen-bond donors (Lipinski definition) is 1. The standard InChI is InChI=1S/C19H34N4O2.2ClH/c1-15-5-2-3-8-23(15)19(25)14-21-9-11-22(12-10-21)18(24)13-16-6-4-7-17(16)20;;/h15-17H,2-14,20H2,1H3;2*1H/t15?,16-,17+;;/m0../s1. The van der Waals surface area contributed by atoms with Crippen LogP contribution < -0.4 is 5.73 Å². The molecule has 1 aliphatic carbocycles. The van der Waals surface area contributed by atoms with Crippen molar-refractivity contribution in [2.24, 2.45) is 11.7 Å². The first-order valence-electron chi connectivity index (χ1n) is 10.1. The maximum atomic E-state index is 12.5. The maximum Gasteiger partial charge on any atom is 0.236 e. The number of hydrogen-bond acceptors (Lipinski definition) is 4. The summed E-state index contributed by atoms with van der Waals surface area (Å²) < 4.78 is 0. The van der Waals surface area contributed by atoms with E-state index in [4.69, 9.17) is 5.73 Å². The van der Waals surface area contributed by atoms with Gasteiger partial charge in [-0.15, -0.1) is 24.8 Å². The minimum absolute atomic E-state index is 0. The number of rotatable bonds is 4. The summed E-state index contributed by atoms with van der Waals surface area (Å²) in [6.07, 6.45) is 7.39. The van der Waals surface area contributed by atoms with E-state index in [9.17, 15) is 9.59 Å². The SMILES string of the molecule is CC1CCCCN1C(=O)CN1CCN(C(=O)C[C@@H]2CCC[C@H]2N)CC1.Cl.Cl. The van der Waals surface area contributed by atoms with Gasteiger partial charge in [-0.3, -0.25) is 14.5 Å². The molecule has 1 unspecified atom stereocenters. The first kappa shape index (κ1) is 24.5. The molecule has 8 heteroatoms. The van der Waals surface area contributed by atoms with E-state index in [2.05, 4.69) is 11.8 Å². The lowest BCUT2D eigenvalue weighted by molar-refractivity contribution is -0.137. The molecule has 0 bridgehead atoms. The Morgan fingerprint density at radius 2 is 1.59 bits per heavy atom. The number of nitrogens with zero attached hydrogens (tertiary/aromatic N) is 3. The fourth-order valence-electron chi connectivity index (χ4n) is 4.58. The zero-order valence-corrected chi connectivity index (χ0v) is 18.1. The second kappa shape index (κ2) is 11.4. The number of halogens is 2. The average molecular weight is 423 g/mol. The van der Waals surface area contributed by atoms with E-state index in [0.29, 0.717) is 24.9 Å². The minimum atomic E-state index is 0. The lowest BCUT2D eigenvalue weighted by atomic mass is 9.99. The van der Waals surface area contributed by atoms with Crippen LogP contribution >= 0.6 is 24.8 Å². The summed E-state index contributed by atoms with van der Waals surface area (Å²) in [7, 11) is 0. The van der Waals surface area contributed by atoms with Gasteiger partial charge in [0, 0.05) is 51.2 Å². The van der Waals surface area contributed by atoms with Crippen LogP contribution in [0.4, 0.5) is 0 Å². The van der Waals surface area contributed by atoms with E-state index in [-0.39, 0.29) is 42.7 Å². The van der Waals surface area contributed by atoms with Crippen molar-refractivity contribution < 1.29 is 9.59 Å². The zero-order valence-electron chi connectivity index (χ0n) is 16.5. The molecule has 1 saturated carbocycles. The van der Waals surface area contributed by atoms with E-state index in [1.165, 1.54) is 6.42 Å². The molecule has 0 radical (unpaired) electrons. The quantitative estimate of drug-likeness (QED) is 0.750. The molecule has 0 aromatic carbocycles. The van der Waals surface area contributed by atoms with E-state index in [1.54, 1.807) is 0 Å². The topological polar surface area (TPSA) is 69.9 Å². The fraction of sp³-hybridized carbons (Fsp3) is 0.895. The van der Waals surface area contributed by atoms with E-state index in [1.807, 2.05) is 9.80 Å². The molecule has 0 aromatic heterocycles. The molecule has 3 fully saturated rings. The van der Waals surface area contributed by atoms with Crippen LogP contribution in [0.3, 0.4) is 0 Å². The van der Waals surface area contributed by atoms with Crippen LogP contribution in [0.1, 0.15) is 51.9 Å². The number of piperidine rings is 1. The summed E-state index contributed by atoms with van der Waals surface area (Å²) in [5, 5.41) is 0. The molecule has 2 N–H and O–H groups in total. The molecule has 0 aromatic rings. The molecule has 2 saturated heterocycles. The number of nitrogens with two attached hydrogens (primary N) is 1. The summed E-state index contributed by atoms with van der Waals surface area (Å²) in [6.45, 7) is 6.64. The van der Waals surface area contributed by atoms with Crippen LogP contribution in [-0.4, -0.2) is 77.9 Å². The van der Waals surface area contributed by atoms with Crippen molar-refractivity contribution in [3.05, 3.63) is 0 Å². The van der Waals surface area contributed by atoms with Gasteiger partial charge >= 0.3 is 0 Å². The highest BCUT2D eigenvalue weighted by Crippen LogP contribution is 2.27. The van der Waals surface area contributed by atoms with Crippen molar-refractivity contribution in [2.75, 3.05) is 39.3 Å². The van der Waals surface area contributed by atoms with Crippen LogP contribution in [0.5, 0.6) is 0 Å². The Morgan fingerprint density at radius 3 is 2.19 bits per heavy atom. The summed E-state index contributed by atoms with van der Waals surface area (Å²) in [5.41, 5.74) is 6.09. The summed E-state index contributed by atoms with van der Waals surface area (Å²) >= 11 is 0. The van der Waals surface area contributed by atoms with Gasteiger partial charge in [-0.1, -0.05) is 6.42 Å². The number of likely N-dealkylation sites (tertiary alicyclic amines) is 1. The molecule has 0 spiro atoms. The van der Waals surface area contributed by atoms with Crippen molar-refractivity contribution in [2.45, 2.75) is 64.0 Å². The second-order valence-electron chi connectivity index (χ2n) is 8.15. The van der Waals surface area contributed by atoms with Gasteiger partial charge in [0.25, 0.3) is 0 Å². The monoisotopic (exact) mass is 422 g/mol. The Bertz CT molecular complexity index is 486. The normalized spacial score (nSPS) is 29.0. The maximum absolute atomic E-state index is 12.5. The number of amides is 2. The molecule has 3 aliphatic rings. The van der Waals surface area contributed by atoms with Gasteiger partial charge in [-0.05, 0) is 44.9 Å². The largest absolute Gasteiger partial charge is 0.340 e. The highest BCUT2D eigenvalue weighted by atomic mass is 35.5. The van der Waals surface area contributed by atoms with Crippen molar-refractivity contribution >= 4 is 36.6 Å². The lowest BCUT2D eigenvalue weighted by Crippen LogP contribution is -2.53. The lowest BCUT2D eigenvalue weighted by Gasteiger charge is -2.38. The van der Waals surface area contributed by atoms with Gasteiger partial charge in [-0.25, -0.2) is 0 Å². The van der Waals surface area contributed by atoms with Crippen LogP contribution in [0, 0.1) is 5.92 Å². The minimum Gasteiger partial charge on any atom is -0.340 e. The molecule has 27 heavy (non-hydrogen) atoms. The zero-order chi connectivity index (χ0) is 17.8. The van der Waals surface area contributed by atoms with Crippen LogP contribution in [-0.2, 0) is 9.59 Å². The van der Waals surface area contributed by atoms with Gasteiger partial charge in [0.05, 0.1) is 6.54 Å². The van der Waals surface area contributed by atoms with Gasteiger partial charge in [0.2, 0.25) is 11.8 Å². The van der Waals surface area contributed by atoms with Gasteiger partial charge in [0.1, 0.15) is 0 Å². The molecule has 158 valence electrons. The molecule has 2 amide bonds. The van der Waals surface area contributed by atoms with Crippen molar-refractivity contribution in [1.82, 2.24) is 14.7 Å². The third kappa shape index (κ3) is 6.48. The Kier molecular flexibility index (Phi) is 10.4. The molecular weight excluding hydrogens is 387 g/mol. The molecular formula is C19H36Cl2N4O2. The molecule has 3 atom stereocenters. The highest BCUT2D eigenvalue weighted by Gasteiger charge is 2.30. The number of carbonyl (C=O) groups is 2. The van der Waals surface area contributed by atoms with Crippen molar-refractivity contribution in [3.8, 4) is 0 Å². The van der Waals surface area contributed by atoms with E-state index < -0.39 is 0 Å². The Balaban J connectivity index is 0.00000182. The predicted molar refractivity (Wildman–Crippen MR) is 112 cm³/mol. The van der Waals surface area contributed by atoms with Gasteiger partial charge < -0.3 is 15.5 Å². The molecule has 2 heterocycles. The van der Waals surface area contributed by atoms with Gasteiger partial charge in [0.15, 0.2) is 0 Å². The van der Waals surface area contributed by atoms with E-state index in [0.717, 1.165) is 64.8 Å². The van der Waals surface area contributed by atoms with Gasteiger partial charge in [-0.2, -0.15) is 0 Å². The first-order chi connectivity index (χ1) is 12.0. The van der Waals surface area contributed by atoms with Crippen LogP contribution in [0.25, 0.3) is 0 Å². The molecule has 6 nitrogen and oxygen atoms in total. The number of piperazine rings is 1. The third-order valence-corrected chi connectivity index (χ3v) is 6.36. The van der Waals surface area contributed by atoms with E-state index >= 15 is 0 Å². The van der Waals surface area contributed by atoms with Crippen molar-refractivity contribution in [1.29, 1.82) is 0 Å².